The van der Waals surface area contributed by atoms with Crippen LogP contribution in [0.3, 0.4) is 0 Å². The molecule has 30 heavy (non-hydrogen) atoms. The van der Waals surface area contributed by atoms with Crippen LogP contribution in [-0.4, -0.2) is 57.2 Å². The third-order valence-electron chi connectivity index (χ3n) is 5.18. The van der Waals surface area contributed by atoms with Crippen LogP contribution in [0.1, 0.15) is 22.3 Å². The molecule has 1 fully saturated rings. The Morgan fingerprint density at radius 3 is 2.50 bits per heavy atom. The molecule has 3 rings (SSSR count). The number of benzene rings is 2. The molecule has 1 aliphatic rings. The van der Waals surface area contributed by atoms with Crippen LogP contribution in [0.5, 0.6) is 5.75 Å². The molecule has 1 N–H and O–H groups in total. The number of carbonyl (C=O) groups is 1. The van der Waals surface area contributed by atoms with Crippen LogP contribution in [-0.2, 0) is 6.18 Å². The van der Waals surface area contributed by atoms with Gasteiger partial charge in [-0.1, -0.05) is 12.1 Å². The maximum absolute atomic E-state index is 12.9. The molecule has 0 radical (unpaired) electrons. The second kappa shape index (κ2) is 9.84. The van der Waals surface area contributed by atoms with Crippen molar-refractivity contribution in [2.45, 2.75) is 12.6 Å². The summed E-state index contributed by atoms with van der Waals surface area (Å²) in [4.78, 5) is 16.4. The Balaban J connectivity index is 1.40. The Hall–Kier alpha value is -2.74. The molecule has 0 saturated carbocycles. The Bertz CT molecular complexity index is 850. The lowest BCUT2D eigenvalue weighted by atomic mass is 10.1. The molecule has 0 unspecified atom stereocenters. The molecular formula is C22H26F3N3O2. The molecule has 0 atom stereocenters. The second-order valence-corrected chi connectivity index (χ2v) is 7.22. The van der Waals surface area contributed by atoms with Gasteiger partial charge in [0.2, 0.25) is 0 Å². The molecule has 5 nitrogen and oxygen atoms in total. The number of carbonyl (C=O) groups excluding carboxylic acids is 1. The first-order valence-corrected chi connectivity index (χ1v) is 9.93. The van der Waals surface area contributed by atoms with Gasteiger partial charge in [-0.05, 0) is 49.4 Å². The van der Waals surface area contributed by atoms with E-state index in [4.69, 9.17) is 4.74 Å². The molecule has 2 aromatic rings. The van der Waals surface area contributed by atoms with Gasteiger partial charge in [-0.3, -0.25) is 9.69 Å². The van der Waals surface area contributed by atoms with Crippen LogP contribution < -0.4 is 15.0 Å². The standard InChI is InChI=1S/C22H26F3N3O2/c1-30-20-8-2-5-17(15-20)21(29)26-9-4-10-27-11-13-28(14-12-27)19-7-3-6-18(16-19)22(23,24)25/h2-3,5-8,15-16H,4,9-14H2,1H3,(H,26,29). The molecule has 162 valence electrons. The lowest BCUT2D eigenvalue weighted by Gasteiger charge is -2.36. The number of anilines is 1. The van der Waals surface area contributed by atoms with Crippen molar-refractivity contribution in [3.8, 4) is 5.75 Å². The lowest BCUT2D eigenvalue weighted by molar-refractivity contribution is -0.137. The van der Waals surface area contributed by atoms with Crippen molar-refractivity contribution < 1.29 is 22.7 Å². The molecule has 1 saturated heterocycles. The van der Waals surface area contributed by atoms with Crippen molar-refractivity contribution in [3.05, 3.63) is 59.7 Å². The molecule has 1 heterocycles. The number of ether oxygens (including phenoxy) is 1. The molecule has 0 bridgehead atoms. The van der Waals surface area contributed by atoms with Gasteiger partial charge in [-0.2, -0.15) is 13.2 Å². The number of nitrogens with zero attached hydrogens (tertiary/aromatic N) is 2. The molecule has 0 aliphatic carbocycles. The van der Waals surface area contributed by atoms with Crippen LogP contribution in [0.2, 0.25) is 0 Å². The average molecular weight is 421 g/mol. The van der Waals surface area contributed by atoms with Crippen LogP contribution in [0, 0.1) is 0 Å². The SMILES string of the molecule is COc1cccc(C(=O)NCCCN2CCN(c3cccc(C(F)(F)F)c3)CC2)c1. The van der Waals surface area contributed by atoms with E-state index in [1.807, 2.05) is 4.90 Å². The molecule has 0 aromatic heterocycles. The van der Waals surface area contributed by atoms with Gasteiger partial charge >= 0.3 is 6.18 Å². The highest BCUT2D eigenvalue weighted by Crippen LogP contribution is 2.31. The number of hydrogen-bond donors (Lipinski definition) is 1. The fourth-order valence-electron chi connectivity index (χ4n) is 3.48. The normalized spacial score (nSPS) is 15.1. The van der Waals surface area contributed by atoms with E-state index < -0.39 is 11.7 Å². The van der Waals surface area contributed by atoms with Crippen molar-refractivity contribution >= 4 is 11.6 Å². The van der Waals surface area contributed by atoms with E-state index in [0.29, 0.717) is 36.6 Å². The Kier molecular flexibility index (Phi) is 7.20. The van der Waals surface area contributed by atoms with Gasteiger partial charge in [0.05, 0.1) is 12.7 Å². The second-order valence-electron chi connectivity index (χ2n) is 7.22. The van der Waals surface area contributed by atoms with E-state index in [1.54, 1.807) is 37.4 Å². The van der Waals surface area contributed by atoms with Crippen molar-refractivity contribution in [1.29, 1.82) is 0 Å². The highest BCUT2D eigenvalue weighted by molar-refractivity contribution is 5.94. The summed E-state index contributed by atoms with van der Waals surface area (Å²) in [5.41, 5.74) is 0.549. The summed E-state index contributed by atoms with van der Waals surface area (Å²) in [5.74, 6) is 0.504. The minimum Gasteiger partial charge on any atom is -0.497 e. The molecular weight excluding hydrogens is 395 g/mol. The smallest absolute Gasteiger partial charge is 0.416 e. The zero-order chi connectivity index (χ0) is 21.6. The number of halogens is 3. The fourth-order valence-corrected chi connectivity index (χ4v) is 3.48. The minimum atomic E-state index is -4.33. The number of amides is 1. The Labute approximate surface area is 174 Å². The van der Waals surface area contributed by atoms with Crippen LogP contribution in [0.4, 0.5) is 18.9 Å². The Morgan fingerprint density at radius 1 is 1.07 bits per heavy atom. The largest absolute Gasteiger partial charge is 0.497 e. The third kappa shape index (κ3) is 5.89. The summed E-state index contributed by atoms with van der Waals surface area (Å²) >= 11 is 0. The number of alkyl halides is 3. The fraction of sp³-hybridized carbons (Fsp3) is 0.409. The first kappa shape index (κ1) is 22.0. The topological polar surface area (TPSA) is 44.8 Å². The maximum Gasteiger partial charge on any atom is 0.416 e. The van der Waals surface area contributed by atoms with E-state index >= 15 is 0 Å². The van der Waals surface area contributed by atoms with Crippen LogP contribution >= 0.6 is 0 Å². The molecule has 1 amide bonds. The summed E-state index contributed by atoms with van der Waals surface area (Å²) < 4.78 is 43.9. The number of piperazine rings is 1. The molecule has 2 aromatic carbocycles. The van der Waals surface area contributed by atoms with Crippen molar-refractivity contribution in [1.82, 2.24) is 10.2 Å². The first-order valence-electron chi connectivity index (χ1n) is 9.93. The molecule has 0 spiro atoms. The number of hydrogen-bond acceptors (Lipinski definition) is 4. The number of methoxy groups -OCH3 is 1. The van der Waals surface area contributed by atoms with E-state index in [0.717, 1.165) is 32.1 Å². The highest BCUT2D eigenvalue weighted by atomic mass is 19.4. The van der Waals surface area contributed by atoms with Gasteiger partial charge < -0.3 is 15.0 Å². The van der Waals surface area contributed by atoms with Crippen molar-refractivity contribution in [2.24, 2.45) is 0 Å². The third-order valence-corrected chi connectivity index (χ3v) is 5.18. The van der Waals surface area contributed by atoms with Crippen LogP contribution in [0.15, 0.2) is 48.5 Å². The monoisotopic (exact) mass is 421 g/mol. The first-order chi connectivity index (χ1) is 14.4. The van der Waals surface area contributed by atoms with Gasteiger partial charge in [0.25, 0.3) is 5.91 Å². The summed E-state index contributed by atoms with van der Waals surface area (Å²) in [6.07, 6.45) is -3.52. The summed E-state index contributed by atoms with van der Waals surface area (Å²) in [6, 6.07) is 12.5. The quantitative estimate of drug-likeness (QED) is 0.694. The lowest BCUT2D eigenvalue weighted by Crippen LogP contribution is -2.47. The summed E-state index contributed by atoms with van der Waals surface area (Å²) in [5, 5.41) is 2.91. The zero-order valence-electron chi connectivity index (χ0n) is 16.9. The Morgan fingerprint density at radius 2 is 1.80 bits per heavy atom. The van der Waals surface area contributed by atoms with E-state index in [-0.39, 0.29) is 5.91 Å². The van der Waals surface area contributed by atoms with Gasteiger partial charge in [0.15, 0.2) is 0 Å². The maximum atomic E-state index is 12.9. The average Bonchev–Trinajstić information content (AvgIpc) is 2.76. The predicted molar refractivity (Wildman–Crippen MR) is 110 cm³/mol. The summed E-state index contributed by atoms with van der Waals surface area (Å²) in [7, 11) is 1.56. The van der Waals surface area contributed by atoms with E-state index in [2.05, 4.69) is 10.2 Å². The van der Waals surface area contributed by atoms with Crippen LogP contribution in [0.25, 0.3) is 0 Å². The molecule has 1 aliphatic heterocycles. The van der Waals surface area contributed by atoms with Gasteiger partial charge in [-0.25, -0.2) is 0 Å². The van der Waals surface area contributed by atoms with E-state index in [9.17, 15) is 18.0 Å². The van der Waals surface area contributed by atoms with Gasteiger partial charge in [-0.15, -0.1) is 0 Å². The highest BCUT2D eigenvalue weighted by Gasteiger charge is 2.31. The van der Waals surface area contributed by atoms with Crippen molar-refractivity contribution in [2.75, 3.05) is 51.3 Å². The zero-order valence-corrected chi connectivity index (χ0v) is 16.9. The molecule has 8 heteroatoms. The van der Waals surface area contributed by atoms with E-state index in [1.165, 1.54) is 12.1 Å². The minimum absolute atomic E-state index is 0.136. The van der Waals surface area contributed by atoms with Crippen molar-refractivity contribution in [3.63, 3.8) is 0 Å². The predicted octanol–water partition coefficient (Wildman–Crippen LogP) is 3.66. The number of rotatable bonds is 7. The summed E-state index contributed by atoms with van der Waals surface area (Å²) in [6.45, 7) is 4.30. The number of nitrogens with one attached hydrogen (secondary N) is 1. The van der Waals surface area contributed by atoms with Gasteiger partial charge in [0, 0.05) is 44.0 Å². The van der Waals surface area contributed by atoms with Gasteiger partial charge in [0.1, 0.15) is 5.75 Å².